The Morgan fingerprint density at radius 2 is 1.67 bits per heavy atom. The van der Waals surface area contributed by atoms with E-state index in [4.69, 9.17) is 0 Å². The molecular weight excluding hydrogens is 195 g/mol. The summed E-state index contributed by atoms with van der Waals surface area (Å²) >= 11 is 0. The fourth-order valence-electron chi connectivity index (χ4n) is 0.0833. The molecule has 0 bridgehead atoms. The summed E-state index contributed by atoms with van der Waals surface area (Å²) in [6.45, 7) is 2.84. The molecule has 10 heteroatoms. The number of rotatable bonds is 2. The van der Waals surface area contributed by atoms with Gasteiger partial charge in [-0.05, 0) is 0 Å². The summed E-state index contributed by atoms with van der Waals surface area (Å²) in [5.74, 6) is 0. The summed E-state index contributed by atoms with van der Waals surface area (Å²) in [5, 5.41) is 0. The van der Waals surface area contributed by atoms with Gasteiger partial charge >= 0.3 is 26.4 Å². The summed E-state index contributed by atoms with van der Waals surface area (Å²) in [6, 6.07) is 0. The van der Waals surface area contributed by atoms with Gasteiger partial charge in [-0.25, -0.2) is 8.42 Å². The standard InChI is InChI=1S/C2H4O4S.BF3.Li/c1-2-6-7(3,4)5;2-1(3)4;/h2H,1H2,(H,3,4,5);;/q;;+1/p-1. The molecule has 0 aliphatic rings. The Labute approximate surface area is 80.1 Å². The first-order chi connectivity index (χ1) is 4.79. The molecule has 0 aliphatic heterocycles. The van der Waals surface area contributed by atoms with Crippen LogP contribution in [0.5, 0.6) is 0 Å². The van der Waals surface area contributed by atoms with Crippen molar-refractivity contribution in [2.24, 2.45) is 0 Å². The Kier molecular flexibility index (Phi) is 13.4. The van der Waals surface area contributed by atoms with Gasteiger partial charge in [0, 0.05) is 0 Å². The van der Waals surface area contributed by atoms with Crippen LogP contribution < -0.4 is 18.9 Å². The molecule has 0 aromatic carbocycles. The van der Waals surface area contributed by atoms with E-state index in [1.165, 1.54) is 0 Å². The number of hydrogen-bond donors (Lipinski definition) is 0. The molecule has 0 radical (unpaired) electrons. The van der Waals surface area contributed by atoms with E-state index in [0.29, 0.717) is 6.26 Å². The van der Waals surface area contributed by atoms with E-state index in [2.05, 4.69) is 10.8 Å². The molecule has 12 heavy (non-hydrogen) atoms. The third-order valence-corrected chi connectivity index (χ3v) is 0.558. The van der Waals surface area contributed by atoms with Gasteiger partial charge in [-0.15, -0.1) is 0 Å². The molecular formula is C2H3BF3LiO4S. The van der Waals surface area contributed by atoms with Crippen LogP contribution in [0.15, 0.2) is 12.8 Å². The Morgan fingerprint density at radius 3 is 1.67 bits per heavy atom. The molecule has 0 saturated heterocycles. The van der Waals surface area contributed by atoms with Crippen LogP contribution in [0.1, 0.15) is 0 Å². The van der Waals surface area contributed by atoms with Gasteiger partial charge < -0.3 is 8.74 Å². The maximum atomic E-state index is 9.67. The Balaban J connectivity index is -0.000000142. The van der Waals surface area contributed by atoms with E-state index in [0.717, 1.165) is 0 Å². The molecule has 0 N–H and O–H groups in total. The van der Waals surface area contributed by atoms with Crippen molar-refractivity contribution in [1.29, 1.82) is 0 Å². The van der Waals surface area contributed by atoms with Crippen LogP contribution in [-0.2, 0) is 14.6 Å². The maximum absolute atomic E-state index is 9.67. The average Bonchev–Trinajstić information content (AvgIpc) is 1.58. The summed E-state index contributed by atoms with van der Waals surface area (Å²) in [6.07, 6.45) is 0.558. The summed E-state index contributed by atoms with van der Waals surface area (Å²) in [5.41, 5.74) is 0. The van der Waals surface area contributed by atoms with E-state index in [1.54, 1.807) is 0 Å². The Bertz CT molecular complexity index is 192. The van der Waals surface area contributed by atoms with Gasteiger partial charge in [0.2, 0.25) is 0 Å². The predicted molar refractivity (Wildman–Crippen MR) is 30.1 cm³/mol. The minimum Gasteiger partial charge on any atom is -0.716 e. The topological polar surface area (TPSA) is 66.4 Å². The van der Waals surface area contributed by atoms with Crippen molar-refractivity contribution in [3.05, 3.63) is 12.8 Å². The van der Waals surface area contributed by atoms with Crippen molar-refractivity contribution in [2.45, 2.75) is 0 Å². The van der Waals surface area contributed by atoms with Gasteiger partial charge in [0.25, 0.3) is 10.4 Å². The molecule has 0 rings (SSSR count). The van der Waals surface area contributed by atoms with E-state index in [-0.39, 0.29) is 18.9 Å². The molecule has 4 nitrogen and oxygen atoms in total. The van der Waals surface area contributed by atoms with Gasteiger partial charge in [-0.2, -0.15) is 0 Å². The second kappa shape index (κ2) is 8.99. The zero-order chi connectivity index (χ0) is 9.49. The van der Waals surface area contributed by atoms with E-state index in [9.17, 15) is 25.9 Å². The van der Waals surface area contributed by atoms with Crippen LogP contribution in [0.2, 0.25) is 0 Å². The SMILES string of the molecule is C=COS(=O)(=O)[O-].FB(F)F.[Li+]. The molecule has 0 saturated carbocycles. The molecule has 0 aromatic heterocycles. The third-order valence-electron chi connectivity index (χ3n) is 0.186. The Morgan fingerprint density at radius 1 is 1.42 bits per heavy atom. The van der Waals surface area contributed by atoms with Crippen molar-refractivity contribution in [1.82, 2.24) is 0 Å². The first-order valence-corrected chi connectivity index (χ1v) is 3.30. The molecule has 0 spiro atoms. The summed E-state index contributed by atoms with van der Waals surface area (Å²) in [4.78, 5) is 0. The fraction of sp³-hybridized carbons (Fsp3) is 0. The monoisotopic (exact) mass is 198 g/mol. The van der Waals surface area contributed by atoms with E-state index >= 15 is 0 Å². The summed E-state index contributed by atoms with van der Waals surface area (Å²) in [7, 11) is -8.21. The largest absolute Gasteiger partial charge is 1.00 e. The maximum Gasteiger partial charge on any atom is 1.00 e. The predicted octanol–water partition coefficient (Wildman–Crippen LogP) is -2.51. The molecule has 66 valence electrons. The number of halogens is 3. The molecule has 0 heterocycles. The van der Waals surface area contributed by atoms with Gasteiger partial charge in [0.05, 0.1) is 6.26 Å². The van der Waals surface area contributed by atoms with E-state index in [1.807, 2.05) is 0 Å². The second-order valence-electron chi connectivity index (χ2n) is 0.919. The molecule has 0 aliphatic carbocycles. The van der Waals surface area contributed by atoms with Gasteiger partial charge in [-0.1, -0.05) is 6.58 Å². The van der Waals surface area contributed by atoms with Crippen molar-refractivity contribution < 1.29 is 49.0 Å². The third kappa shape index (κ3) is 51.5. The van der Waals surface area contributed by atoms with Crippen LogP contribution in [0.4, 0.5) is 12.9 Å². The first-order valence-electron chi connectivity index (χ1n) is 1.97. The molecule has 0 atom stereocenters. The van der Waals surface area contributed by atoms with Gasteiger partial charge in [-0.3, -0.25) is 12.9 Å². The molecule has 0 aromatic rings. The zero-order valence-corrected chi connectivity index (χ0v) is 6.85. The quantitative estimate of drug-likeness (QED) is 0.212. The molecule has 0 fully saturated rings. The van der Waals surface area contributed by atoms with Crippen molar-refractivity contribution in [2.75, 3.05) is 0 Å². The minimum atomic E-state index is -4.54. The van der Waals surface area contributed by atoms with Crippen LogP contribution in [-0.4, -0.2) is 20.5 Å². The number of hydrogen-bond acceptors (Lipinski definition) is 4. The van der Waals surface area contributed by atoms with Gasteiger partial charge in [0.1, 0.15) is 0 Å². The molecule has 0 unspecified atom stereocenters. The smallest absolute Gasteiger partial charge is 0.716 e. The van der Waals surface area contributed by atoms with Crippen molar-refractivity contribution in [3.63, 3.8) is 0 Å². The average molecular weight is 198 g/mol. The molecule has 0 amide bonds. The van der Waals surface area contributed by atoms with Crippen LogP contribution in [0, 0.1) is 0 Å². The van der Waals surface area contributed by atoms with Crippen LogP contribution in [0.3, 0.4) is 0 Å². The van der Waals surface area contributed by atoms with Crippen LogP contribution >= 0.6 is 0 Å². The minimum absolute atomic E-state index is 0. The first kappa shape index (κ1) is 17.9. The van der Waals surface area contributed by atoms with Crippen LogP contribution in [0.25, 0.3) is 0 Å². The van der Waals surface area contributed by atoms with Crippen molar-refractivity contribution in [3.8, 4) is 0 Å². The fourth-order valence-corrected chi connectivity index (χ4v) is 0.250. The Hall–Kier alpha value is -0.0977. The normalized spacial score (nSPS) is 8.33. The zero-order valence-electron chi connectivity index (χ0n) is 6.04. The van der Waals surface area contributed by atoms with Crippen molar-refractivity contribution >= 4 is 17.9 Å². The summed E-state index contributed by atoms with van der Waals surface area (Å²) < 4.78 is 60.6. The second-order valence-corrected chi connectivity index (χ2v) is 1.93. The van der Waals surface area contributed by atoms with E-state index < -0.39 is 17.9 Å². The van der Waals surface area contributed by atoms with Gasteiger partial charge in [0.15, 0.2) is 0 Å².